The molecule has 0 saturated heterocycles. The molecule has 0 aliphatic rings. The van der Waals surface area contributed by atoms with Crippen LogP contribution < -0.4 is 0 Å². The maximum Gasteiger partial charge on any atom is 0.0499 e. The number of hydrogen-bond donors (Lipinski definition) is 1. The molecule has 0 bridgehead atoms. The minimum Gasteiger partial charge on any atom is -0.314 e. The van der Waals surface area contributed by atoms with Crippen molar-refractivity contribution in [2.75, 3.05) is 7.05 Å². The number of aryl methyl sites for hydroxylation is 2. The summed E-state index contributed by atoms with van der Waals surface area (Å²) < 4.78 is 1.06. The van der Waals surface area contributed by atoms with Gasteiger partial charge < -0.3 is 5.21 Å². The Morgan fingerprint density at radius 2 is 2.00 bits per heavy atom. The first-order valence-corrected chi connectivity index (χ1v) is 4.95. The topological polar surface area (TPSA) is 23.5 Å². The first kappa shape index (κ1) is 10.7. The van der Waals surface area contributed by atoms with Crippen LogP contribution in [0.1, 0.15) is 16.7 Å². The van der Waals surface area contributed by atoms with E-state index in [1.807, 2.05) is 0 Å². The van der Waals surface area contributed by atoms with Gasteiger partial charge in [-0.05, 0) is 36.6 Å². The van der Waals surface area contributed by atoms with Gasteiger partial charge in [-0.25, -0.2) is 0 Å². The van der Waals surface area contributed by atoms with Gasteiger partial charge in [0.2, 0.25) is 0 Å². The molecule has 1 aromatic rings. The summed E-state index contributed by atoms with van der Waals surface area (Å²) in [5.41, 5.74) is 3.57. The van der Waals surface area contributed by atoms with Crippen molar-refractivity contribution < 1.29 is 5.21 Å². The largest absolute Gasteiger partial charge is 0.314 e. The minimum absolute atomic E-state index is 0.548. The summed E-state index contributed by atoms with van der Waals surface area (Å²) in [6.45, 7) is 4.66. The van der Waals surface area contributed by atoms with Crippen molar-refractivity contribution in [2.24, 2.45) is 0 Å². The molecule has 0 saturated carbocycles. The van der Waals surface area contributed by atoms with E-state index >= 15 is 0 Å². The molecule has 0 aliphatic heterocycles. The standard InChI is InChI=1S/C10H14BrNO/c1-7-4-8(2)9(6-12(3)13)10(11)5-7/h4-5,13H,6H2,1-3H3. The zero-order valence-corrected chi connectivity index (χ0v) is 9.72. The Labute approximate surface area is 87.3 Å². The molecule has 0 fully saturated rings. The highest BCUT2D eigenvalue weighted by Crippen LogP contribution is 2.23. The second kappa shape index (κ2) is 4.22. The maximum atomic E-state index is 9.14. The van der Waals surface area contributed by atoms with Crippen molar-refractivity contribution in [2.45, 2.75) is 20.4 Å². The predicted molar refractivity (Wildman–Crippen MR) is 56.9 cm³/mol. The Kier molecular flexibility index (Phi) is 3.47. The van der Waals surface area contributed by atoms with E-state index in [1.54, 1.807) is 7.05 Å². The van der Waals surface area contributed by atoms with Crippen LogP contribution in [0.3, 0.4) is 0 Å². The summed E-state index contributed by atoms with van der Waals surface area (Å²) in [4.78, 5) is 0. The Balaban J connectivity index is 3.06. The second-order valence-electron chi connectivity index (χ2n) is 3.36. The monoisotopic (exact) mass is 243 g/mol. The molecule has 1 N–H and O–H groups in total. The van der Waals surface area contributed by atoms with Gasteiger partial charge in [0.1, 0.15) is 0 Å². The second-order valence-corrected chi connectivity index (χ2v) is 4.21. The van der Waals surface area contributed by atoms with E-state index in [4.69, 9.17) is 5.21 Å². The average molecular weight is 244 g/mol. The van der Waals surface area contributed by atoms with Gasteiger partial charge >= 0.3 is 0 Å². The molecule has 3 heteroatoms. The number of benzene rings is 1. The normalized spacial score (nSPS) is 10.9. The molecular weight excluding hydrogens is 230 g/mol. The molecular formula is C10H14BrNO. The molecule has 0 atom stereocenters. The zero-order chi connectivity index (χ0) is 10.0. The van der Waals surface area contributed by atoms with Crippen LogP contribution in [0, 0.1) is 13.8 Å². The highest BCUT2D eigenvalue weighted by atomic mass is 79.9. The van der Waals surface area contributed by atoms with Crippen molar-refractivity contribution in [3.05, 3.63) is 33.3 Å². The first-order valence-electron chi connectivity index (χ1n) is 4.16. The molecule has 0 heterocycles. The van der Waals surface area contributed by atoms with Crippen LogP contribution in [0.15, 0.2) is 16.6 Å². The number of nitrogens with zero attached hydrogens (tertiary/aromatic N) is 1. The van der Waals surface area contributed by atoms with Crippen molar-refractivity contribution in [1.29, 1.82) is 0 Å². The Hall–Kier alpha value is -0.380. The lowest BCUT2D eigenvalue weighted by Crippen LogP contribution is -2.13. The molecule has 0 radical (unpaired) electrons. The van der Waals surface area contributed by atoms with Gasteiger partial charge in [0.05, 0.1) is 0 Å². The van der Waals surface area contributed by atoms with Gasteiger partial charge in [-0.1, -0.05) is 22.0 Å². The molecule has 1 rings (SSSR count). The predicted octanol–water partition coefficient (Wildman–Crippen LogP) is 2.89. The van der Waals surface area contributed by atoms with Crippen molar-refractivity contribution in [3.8, 4) is 0 Å². The van der Waals surface area contributed by atoms with Crippen LogP contribution in [0.5, 0.6) is 0 Å². The number of rotatable bonds is 2. The van der Waals surface area contributed by atoms with Crippen LogP contribution in [-0.4, -0.2) is 17.3 Å². The van der Waals surface area contributed by atoms with E-state index in [0.717, 1.165) is 10.0 Å². The fraction of sp³-hybridized carbons (Fsp3) is 0.400. The minimum atomic E-state index is 0.548. The van der Waals surface area contributed by atoms with E-state index in [1.165, 1.54) is 16.2 Å². The van der Waals surface area contributed by atoms with Crippen LogP contribution >= 0.6 is 15.9 Å². The summed E-state index contributed by atoms with van der Waals surface area (Å²) in [5, 5.41) is 10.3. The van der Waals surface area contributed by atoms with Crippen LogP contribution in [-0.2, 0) is 6.54 Å². The summed E-state index contributed by atoms with van der Waals surface area (Å²) >= 11 is 3.49. The molecule has 0 unspecified atom stereocenters. The smallest absolute Gasteiger partial charge is 0.0499 e. The first-order chi connectivity index (χ1) is 6.00. The fourth-order valence-corrected chi connectivity index (χ4v) is 2.17. The molecule has 72 valence electrons. The summed E-state index contributed by atoms with van der Waals surface area (Å²) in [5.74, 6) is 0. The van der Waals surface area contributed by atoms with Gasteiger partial charge in [-0.3, -0.25) is 0 Å². The molecule has 0 spiro atoms. The van der Waals surface area contributed by atoms with Crippen LogP contribution in [0.25, 0.3) is 0 Å². The van der Waals surface area contributed by atoms with Crippen molar-refractivity contribution in [1.82, 2.24) is 5.06 Å². The van der Waals surface area contributed by atoms with Crippen LogP contribution in [0.2, 0.25) is 0 Å². The van der Waals surface area contributed by atoms with E-state index < -0.39 is 0 Å². The quantitative estimate of drug-likeness (QED) is 0.808. The third-order valence-corrected chi connectivity index (χ3v) is 2.66. The zero-order valence-electron chi connectivity index (χ0n) is 8.13. The SMILES string of the molecule is Cc1cc(C)c(CN(C)O)c(Br)c1. The fourth-order valence-electron chi connectivity index (χ4n) is 1.37. The van der Waals surface area contributed by atoms with E-state index in [0.29, 0.717) is 6.54 Å². The number of hydrogen-bond acceptors (Lipinski definition) is 2. The highest BCUT2D eigenvalue weighted by molar-refractivity contribution is 9.10. The Bertz CT molecular complexity index is 287. The third kappa shape index (κ3) is 2.79. The van der Waals surface area contributed by atoms with Gasteiger partial charge in [0.25, 0.3) is 0 Å². The van der Waals surface area contributed by atoms with Gasteiger partial charge in [-0.15, -0.1) is 0 Å². The third-order valence-electron chi connectivity index (χ3n) is 1.95. The van der Waals surface area contributed by atoms with Gasteiger partial charge in [0.15, 0.2) is 0 Å². The molecule has 0 aromatic heterocycles. The number of halogens is 1. The Morgan fingerprint density at radius 3 is 2.46 bits per heavy atom. The van der Waals surface area contributed by atoms with Crippen molar-refractivity contribution in [3.63, 3.8) is 0 Å². The summed E-state index contributed by atoms with van der Waals surface area (Å²) in [7, 11) is 1.64. The molecule has 13 heavy (non-hydrogen) atoms. The van der Waals surface area contributed by atoms with E-state index in [2.05, 4.69) is 41.9 Å². The van der Waals surface area contributed by atoms with Gasteiger partial charge in [-0.2, -0.15) is 5.06 Å². The Morgan fingerprint density at radius 1 is 1.38 bits per heavy atom. The van der Waals surface area contributed by atoms with E-state index in [9.17, 15) is 0 Å². The van der Waals surface area contributed by atoms with E-state index in [-0.39, 0.29) is 0 Å². The number of hydroxylamine groups is 2. The molecule has 1 aromatic carbocycles. The van der Waals surface area contributed by atoms with Crippen LogP contribution in [0.4, 0.5) is 0 Å². The average Bonchev–Trinajstić information content (AvgIpc) is 1.96. The highest BCUT2D eigenvalue weighted by Gasteiger charge is 2.06. The lowest BCUT2D eigenvalue weighted by atomic mass is 10.1. The summed E-state index contributed by atoms with van der Waals surface area (Å²) in [6, 6.07) is 4.18. The maximum absolute atomic E-state index is 9.14. The molecule has 0 amide bonds. The van der Waals surface area contributed by atoms with Crippen molar-refractivity contribution >= 4 is 15.9 Å². The van der Waals surface area contributed by atoms with Gasteiger partial charge in [0, 0.05) is 18.1 Å². The summed E-state index contributed by atoms with van der Waals surface area (Å²) in [6.07, 6.45) is 0. The lowest BCUT2D eigenvalue weighted by Gasteiger charge is -2.13. The lowest BCUT2D eigenvalue weighted by molar-refractivity contribution is -0.0734. The molecule has 0 aliphatic carbocycles. The molecule has 2 nitrogen and oxygen atoms in total.